The largest absolute Gasteiger partial charge is 0.462 e. The minimum absolute atomic E-state index is 0.0865. The molecule has 0 spiro atoms. The first-order chi connectivity index (χ1) is 33.5. The molecular weight excluding hydrogens is 841 g/mol. The summed E-state index contributed by atoms with van der Waals surface area (Å²) < 4.78 is 16.9. The summed E-state index contributed by atoms with van der Waals surface area (Å²) in [5, 5.41) is 0. The molecule has 6 nitrogen and oxygen atoms in total. The molecule has 0 N–H and O–H groups in total. The van der Waals surface area contributed by atoms with Gasteiger partial charge in [-0.2, -0.15) is 0 Å². The van der Waals surface area contributed by atoms with Crippen molar-refractivity contribution in [1.82, 2.24) is 0 Å². The molecule has 0 amide bonds. The van der Waals surface area contributed by atoms with E-state index in [4.69, 9.17) is 14.2 Å². The first-order valence-corrected chi connectivity index (χ1v) is 28.7. The molecule has 0 saturated carbocycles. The highest BCUT2D eigenvalue weighted by Gasteiger charge is 2.19. The van der Waals surface area contributed by atoms with E-state index in [0.717, 1.165) is 96.3 Å². The van der Waals surface area contributed by atoms with E-state index in [1.807, 2.05) is 24.3 Å². The van der Waals surface area contributed by atoms with Crippen LogP contribution in [0.2, 0.25) is 0 Å². The van der Waals surface area contributed by atoms with E-state index in [-0.39, 0.29) is 31.1 Å². The third kappa shape index (κ3) is 53.5. The number of ether oxygens (including phenoxy) is 3. The van der Waals surface area contributed by atoms with Crippen LogP contribution in [0.1, 0.15) is 271 Å². The molecular formula is C62H106O6. The highest BCUT2D eigenvalue weighted by molar-refractivity contribution is 5.71. The van der Waals surface area contributed by atoms with E-state index in [0.29, 0.717) is 19.3 Å². The smallest absolute Gasteiger partial charge is 0.306 e. The van der Waals surface area contributed by atoms with E-state index in [9.17, 15) is 14.4 Å². The Labute approximate surface area is 420 Å². The van der Waals surface area contributed by atoms with Crippen LogP contribution in [0.5, 0.6) is 0 Å². The van der Waals surface area contributed by atoms with Gasteiger partial charge in [-0.15, -0.1) is 0 Å². The number of rotatable bonds is 51. The van der Waals surface area contributed by atoms with Crippen molar-refractivity contribution in [3.05, 3.63) is 85.1 Å². The summed E-state index contributed by atoms with van der Waals surface area (Å²) in [5.74, 6) is -0.913. The fourth-order valence-corrected chi connectivity index (χ4v) is 7.92. The van der Waals surface area contributed by atoms with Gasteiger partial charge in [0.05, 0.1) is 0 Å². The van der Waals surface area contributed by atoms with Gasteiger partial charge in [-0.3, -0.25) is 14.4 Å². The number of carbonyl (C=O) groups is 3. The van der Waals surface area contributed by atoms with Gasteiger partial charge in [0, 0.05) is 19.3 Å². The first-order valence-electron chi connectivity index (χ1n) is 28.7. The Balaban J connectivity index is 4.45. The maximum absolute atomic E-state index is 12.9. The summed E-state index contributed by atoms with van der Waals surface area (Å²) in [6, 6.07) is 0. The van der Waals surface area contributed by atoms with Crippen LogP contribution in [0, 0.1) is 0 Å². The highest BCUT2D eigenvalue weighted by atomic mass is 16.6. The second-order valence-electron chi connectivity index (χ2n) is 19.0. The zero-order chi connectivity index (χ0) is 49.3. The number of hydrogen-bond donors (Lipinski definition) is 0. The quantitative estimate of drug-likeness (QED) is 0.0199. The van der Waals surface area contributed by atoms with Crippen molar-refractivity contribution in [3.8, 4) is 0 Å². The van der Waals surface area contributed by atoms with Gasteiger partial charge in [-0.05, 0) is 70.6 Å². The third-order valence-corrected chi connectivity index (χ3v) is 12.2. The molecule has 6 heteroatoms. The molecule has 0 heterocycles. The molecule has 1 atom stereocenters. The summed E-state index contributed by atoms with van der Waals surface area (Å²) in [5.41, 5.74) is 0. The van der Waals surface area contributed by atoms with Crippen molar-refractivity contribution in [2.24, 2.45) is 0 Å². The number of allylic oxidation sites excluding steroid dienone is 14. The van der Waals surface area contributed by atoms with Gasteiger partial charge in [0.1, 0.15) is 13.2 Å². The summed E-state index contributed by atoms with van der Waals surface area (Å²) in [4.78, 5) is 38.2. The van der Waals surface area contributed by atoms with Crippen molar-refractivity contribution >= 4 is 17.9 Å². The lowest BCUT2D eigenvalue weighted by atomic mass is 10.0. The maximum atomic E-state index is 12.9. The van der Waals surface area contributed by atoms with Crippen LogP contribution in [0.25, 0.3) is 0 Å². The van der Waals surface area contributed by atoms with Crippen molar-refractivity contribution < 1.29 is 28.6 Å². The Kier molecular flexibility index (Phi) is 53.4. The lowest BCUT2D eigenvalue weighted by molar-refractivity contribution is -0.167. The second kappa shape index (κ2) is 56.2. The standard InChI is InChI=1S/C62H106O6/c1-4-7-10-13-16-19-22-25-28-30-32-34-37-40-43-46-49-52-55-61(64)67-58-59(57-66-60(63)54-51-48-45-42-39-36-33-27-24-21-18-15-12-9-6-3)68-62(65)56-53-50-47-44-41-38-35-31-29-26-23-20-17-14-11-8-5-2/h10,13,16-17,19-20,22,25-26,28-30,32,34,59H,4-9,11-12,14-15,18,21,23-24,27,31,33,35-58H2,1-3H3/b13-10-,19-16-,20-17-,25-22-,29-26-,30-28-,34-32-. The van der Waals surface area contributed by atoms with Crippen LogP contribution >= 0.6 is 0 Å². The number of hydrogen-bond acceptors (Lipinski definition) is 6. The molecule has 0 rings (SSSR count). The normalized spacial score (nSPS) is 12.7. The zero-order valence-electron chi connectivity index (χ0n) is 44.6. The van der Waals surface area contributed by atoms with Gasteiger partial charge in [-0.1, -0.05) is 266 Å². The topological polar surface area (TPSA) is 78.9 Å². The van der Waals surface area contributed by atoms with Crippen LogP contribution in [-0.4, -0.2) is 37.2 Å². The lowest BCUT2D eigenvalue weighted by Crippen LogP contribution is -2.30. The van der Waals surface area contributed by atoms with Gasteiger partial charge in [0.25, 0.3) is 0 Å². The molecule has 1 unspecified atom stereocenters. The van der Waals surface area contributed by atoms with Gasteiger partial charge in [0.15, 0.2) is 6.10 Å². The van der Waals surface area contributed by atoms with Crippen LogP contribution in [0.4, 0.5) is 0 Å². The molecule has 0 radical (unpaired) electrons. The molecule has 0 aliphatic heterocycles. The molecule has 0 saturated heterocycles. The molecule has 0 aliphatic rings. The predicted molar refractivity (Wildman–Crippen MR) is 293 cm³/mol. The average Bonchev–Trinajstić information content (AvgIpc) is 3.34. The van der Waals surface area contributed by atoms with Crippen molar-refractivity contribution in [3.63, 3.8) is 0 Å². The van der Waals surface area contributed by atoms with E-state index in [1.165, 1.54) is 135 Å². The zero-order valence-corrected chi connectivity index (χ0v) is 44.6. The number of esters is 3. The van der Waals surface area contributed by atoms with E-state index in [1.54, 1.807) is 0 Å². The predicted octanol–water partition coefficient (Wildman–Crippen LogP) is 19.2. The SMILES string of the molecule is CCC\C=C/C=C\C=C/C=C\C=C/CCCCCCCC(=O)OCC(COC(=O)CCCCCCCCCCCCCCCCC)OC(=O)CCCCCCCCC/C=C\C/C=C\CCCCC. The van der Waals surface area contributed by atoms with E-state index in [2.05, 4.69) is 81.5 Å². The fourth-order valence-electron chi connectivity index (χ4n) is 7.92. The molecule has 0 aromatic rings. The lowest BCUT2D eigenvalue weighted by Gasteiger charge is -2.18. The monoisotopic (exact) mass is 947 g/mol. The minimum atomic E-state index is -0.791. The van der Waals surface area contributed by atoms with E-state index < -0.39 is 6.10 Å². The Morgan fingerprint density at radius 2 is 0.618 bits per heavy atom. The third-order valence-electron chi connectivity index (χ3n) is 12.2. The molecule has 390 valence electrons. The molecule has 68 heavy (non-hydrogen) atoms. The van der Waals surface area contributed by atoms with Crippen LogP contribution in [0.15, 0.2) is 85.1 Å². The first kappa shape index (κ1) is 64.6. The number of carbonyl (C=O) groups excluding carboxylic acids is 3. The Morgan fingerprint density at radius 3 is 1.03 bits per heavy atom. The van der Waals surface area contributed by atoms with Gasteiger partial charge < -0.3 is 14.2 Å². The van der Waals surface area contributed by atoms with E-state index >= 15 is 0 Å². The Bertz CT molecular complexity index is 1320. The van der Waals surface area contributed by atoms with Gasteiger partial charge in [-0.25, -0.2) is 0 Å². The van der Waals surface area contributed by atoms with Crippen molar-refractivity contribution in [1.29, 1.82) is 0 Å². The van der Waals surface area contributed by atoms with Crippen molar-refractivity contribution in [2.45, 2.75) is 277 Å². The van der Waals surface area contributed by atoms with Crippen LogP contribution in [0.3, 0.4) is 0 Å². The molecule has 0 bridgehead atoms. The van der Waals surface area contributed by atoms with Gasteiger partial charge >= 0.3 is 17.9 Å². The fraction of sp³-hybridized carbons (Fsp3) is 0.726. The maximum Gasteiger partial charge on any atom is 0.306 e. The van der Waals surface area contributed by atoms with Crippen molar-refractivity contribution in [2.75, 3.05) is 13.2 Å². The number of unbranched alkanes of at least 4 members (excludes halogenated alkanes) is 30. The van der Waals surface area contributed by atoms with Crippen LogP contribution in [-0.2, 0) is 28.6 Å². The molecule has 0 aromatic carbocycles. The second-order valence-corrected chi connectivity index (χ2v) is 19.0. The molecule has 0 fully saturated rings. The Hall–Kier alpha value is -3.41. The average molecular weight is 948 g/mol. The summed E-state index contributed by atoms with van der Waals surface area (Å²) >= 11 is 0. The highest BCUT2D eigenvalue weighted by Crippen LogP contribution is 2.16. The summed E-state index contributed by atoms with van der Waals surface area (Å²) in [6.07, 6.45) is 72.7. The summed E-state index contributed by atoms with van der Waals surface area (Å²) in [6.45, 7) is 6.52. The van der Waals surface area contributed by atoms with Gasteiger partial charge in [0.2, 0.25) is 0 Å². The summed E-state index contributed by atoms with van der Waals surface area (Å²) in [7, 11) is 0. The Morgan fingerprint density at radius 1 is 0.309 bits per heavy atom. The molecule has 0 aromatic heterocycles. The minimum Gasteiger partial charge on any atom is -0.462 e. The van der Waals surface area contributed by atoms with Crippen LogP contribution < -0.4 is 0 Å². The molecule has 0 aliphatic carbocycles.